The van der Waals surface area contributed by atoms with E-state index in [0.29, 0.717) is 29.0 Å². The molecule has 0 radical (unpaired) electrons. The first-order valence-corrected chi connectivity index (χ1v) is 12.0. The topological polar surface area (TPSA) is 79.4 Å². The van der Waals surface area contributed by atoms with E-state index < -0.39 is 0 Å². The van der Waals surface area contributed by atoms with E-state index in [1.54, 1.807) is 18.0 Å². The molecule has 0 N–H and O–H groups in total. The number of para-hydroxylation sites is 2. The minimum Gasteiger partial charge on any atom is -0.496 e. The summed E-state index contributed by atoms with van der Waals surface area (Å²) in [4.78, 5) is 9.65. The molecule has 180 valence electrons. The Hall–Kier alpha value is -4.98. The van der Waals surface area contributed by atoms with Crippen LogP contribution in [0.1, 0.15) is 28.3 Å². The third-order valence-corrected chi connectivity index (χ3v) is 6.70. The van der Waals surface area contributed by atoms with Crippen molar-refractivity contribution in [3.63, 3.8) is 0 Å². The van der Waals surface area contributed by atoms with Crippen molar-refractivity contribution in [3.8, 4) is 34.6 Å². The number of nitrogens with zero attached hydrogens (tertiary/aromatic N) is 6. The molecule has 7 rings (SSSR count). The number of benzene rings is 3. The predicted molar refractivity (Wildman–Crippen MR) is 139 cm³/mol. The van der Waals surface area contributed by atoms with Gasteiger partial charge in [0.05, 0.1) is 41.1 Å². The number of methoxy groups -OCH3 is 1. The molecule has 0 unspecified atom stereocenters. The van der Waals surface area contributed by atoms with Gasteiger partial charge in [-0.3, -0.25) is 0 Å². The van der Waals surface area contributed by atoms with Gasteiger partial charge in [-0.15, -0.1) is 5.10 Å². The van der Waals surface area contributed by atoms with Crippen molar-refractivity contribution in [2.75, 3.05) is 7.11 Å². The molecule has 3 aromatic heterocycles. The molecule has 0 fully saturated rings. The summed E-state index contributed by atoms with van der Waals surface area (Å²) in [5.74, 6) is 2.22. The highest BCUT2D eigenvalue weighted by Crippen LogP contribution is 2.49. The second kappa shape index (κ2) is 8.30. The van der Waals surface area contributed by atoms with Gasteiger partial charge in [0, 0.05) is 0 Å². The molecule has 1 aliphatic heterocycles. The van der Waals surface area contributed by atoms with Gasteiger partial charge in [0.15, 0.2) is 11.5 Å². The second-order valence-electron chi connectivity index (χ2n) is 8.86. The number of aryl methyl sites for hydroxylation is 1. The Labute approximate surface area is 212 Å². The lowest BCUT2D eigenvalue weighted by Crippen LogP contribution is -2.16. The molecule has 0 aliphatic carbocycles. The summed E-state index contributed by atoms with van der Waals surface area (Å²) in [7, 11) is 1.64. The summed E-state index contributed by atoms with van der Waals surface area (Å²) in [5, 5.41) is 9.63. The van der Waals surface area contributed by atoms with Crippen LogP contribution in [0.15, 0.2) is 91.3 Å². The molecule has 6 aromatic rings. The van der Waals surface area contributed by atoms with Gasteiger partial charge in [-0.2, -0.15) is 5.10 Å². The van der Waals surface area contributed by atoms with Crippen molar-refractivity contribution in [1.82, 2.24) is 29.4 Å². The third kappa shape index (κ3) is 3.30. The first kappa shape index (κ1) is 21.3. The van der Waals surface area contributed by atoms with Crippen molar-refractivity contribution in [2.24, 2.45) is 0 Å². The van der Waals surface area contributed by atoms with E-state index in [4.69, 9.17) is 24.7 Å². The van der Waals surface area contributed by atoms with E-state index in [2.05, 4.69) is 17.1 Å². The molecule has 1 aliphatic rings. The lowest BCUT2D eigenvalue weighted by atomic mass is 9.84. The van der Waals surface area contributed by atoms with Crippen LogP contribution in [0.5, 0.6) is 17.5 Å². The average molecular weight is 487 g/mol. The summed E-state index contributed by atoms with van der Waals surface area (Å²) in [5.41, 5.74) is 6.22. The van der Waals surface area contributed by atoms with Gasteiger partial charge in [-0.05, 0) is 36.8 Å². The molecule has 0 spiro atoms. The highest BCUT2D eigenvalue weighted by Gasteiger charge is 2.38. The Morgan fingerprint density at radius 2 is 1.57 bits per heavy atom. The van der Waals surface area contributed by atoms with Gasteiger partial charge in [-0.1, -0.05) is 60.7 Å². The second-order valence-corrected chi connectivity index (χ2v) is 8.86. The molecule has 0 saturated carbocycles. The first-order chi connectivity index (χ1) is 18.2. The van der Waals surface area contributed by atoms with Crippen LogP contribution in [0.3, 0.4) is 0 Å². The van der Waals surface area contributed by atoms with Crippen LogP contribution in [0.25, 0.3) is 22.7 Å². The van der Waals surface area contributed by atoms with Crippen LogP contribution in [-0.4, -0.2) is 36.5 Å². The number of aromatic nitrogens is 6. The SMILES string of the molecule is COc1ccccc1-c1nc2c3c(ncn2n1)Oc1c(c(C)nn1-c1ccccc1)[C@@H]3c1ccccc1. The summed E-state index contributed by atoms with van der Waals surface area (Å²) in [6.07, 6.45) is 1.64. The number of fused-ring (bicyclic) bond motifs is 4. The fourth-order valence-electron chi connectivity index (χ4n) is 5.04. The van der Waals surface area contributed by atoms with Gasteiger partial charge in [0.25, 0.3) is 0 Å². The molecule has 4 heterocycles. The van der Waals surface area contributed by atoms with E-state index in [-0.39, 0.29) is 5.92 Å². The number of rotatable bonds is 4. The van der Waals surface area contributed by atoms with Gasteiger partial charge >= 0.3 is 0 Å². The molecule has 8 heteroatoms. The van der Waals surface area contributed by atoms with Gasteiger partial charge in [0.2, 0.25) is 11.8 Å². The molecule has 0 amide bonds. The predicted octanol–water partition coefficient (Wildman–Crippen LogP) is 5.58. The molecule has 37 heavy (non-hydrogen) atoms. The van der Waals surface area contributed by atoms with Crippen LogP contribution in [-0.2, 0) is 0 Å². The number of hydrogen-bond acceptors (Lipinski definition) is 6. The lowest BCUT2D eigenvalue weighted by Gasteiger charge is -2.26. The van der Waals surface area contributed by atoms with Gasteiger partial charge < -0.3 is 9.47 Å². The minimum atomic E-state index is -0.191. The molecule has 0 saturated heterocycles. The monoisotopic (exact) mass is 486 g/mol. The zero-order valence-electron chi connectivity index (χ0n) is 20.2. The Kier molecular flexibility index (Phi) is 4.78. The maximum atomic E-state index is 6.49. The Bertz CT molecular complexity index is 1760. The Morgan fingerprint density at radius 1 is 0.838 bits per heavy atom. The van der Waals surface area contributed by atoms with Crippen LogP contribution in [0.4, 0.5) is 0 Å². The van der Waals surface area contributed by atoms with Crippen molar-refractivity contribution in [2.45, 2.75) is 12.8 Å². The van der Waals surface area contributed by atoms with Crippen LogP contribution >= 0.6 is 0 Å². The van der Waals surface area contributed by atoms with E-state index in [9.17, 15) is 0 Å². The number of ether oxygens (including phenoxy) is 2. The van der Waals surface area contributed by atoms with Crippen molar-refractivity contribution >= 4 is 5.65 Å². The standard InChI is InChI=1S/C29H22N6O2/c1-18-23-24(19-11-5-3-6-12-19)25-27-31-26(21-15-9-10-16-22(21)36-2)33-34(27)17-30-28(25)37-29(23)35(32-18)20-13-7-4-8-14-20/h3-17,24H,1-2H3/t24-/m0/s1. The molecule has 0 bridgehead atoms. The molecular formula is C29H22N6O2. The molecule has 1 atom stereocenters. The maximum Gasteiger partial charge on any atom is 0.230 e. The maximum absolute atomic E-state index is 6.49. The van der Waals surface area contributed by atoms with Gasteiger partial charge in [-0.25, -0.2) is 19.2 Å². The molecule has 8 nitrogen and oxygen atoms in total. The van der Waals surface area contributed by atoms with Crippen molar-refractivity contribution < 1.29 is 9.47 Å². The summed E-state index contributed by atoms with van der Waals surface area (Å²) in [6.45, 7) is 2.01. The largest absolute Gasteiger partial charge is 0.496 e. The lowest BCUT2D eigenvalue weighted by molar-refractivity contribution is 0.402. The van der Waals surface area contributed by atoms with E-state index in [0.717, 1.165) is 33.6 Å². The normalized spacial score (nSPS) is 14.2. The Morgan fingerprint density at radius 3 is 2.35 bits per heavy atom. The summed E-state index contributed by atoms with van der Waals surface area (Å²) < 4.78 is 15.6. The van der Waals surface area contributed by atoms with E-state index in [1.165, 1.54) is 0 Å². The summed E-state index contributed by atoms with van der Waals surface area (Å²) >= 11 is 0. The van der Waals surface area contributed by atoms with Crippen LogP contribution in [0, 0.1) is 6.92 Å². The van der Waals surface area contributed by atoms with Crippen LogP contribution < -0.4 is 9.47 Å². The summed E-state index contributed by atoms with van der Waals surface area (Å²) in [6, 6.07) is 28.0. The molecule has 3 aromatic carbocycles. The zero-order chi connectivity index (χ0) is 24.9. The molecular weight excluding hydrogens is 464 g/mol. The number of hydrogen-bond donors (Lipinski definition) is 0. The Balaban J connectivity index is 1.49. The smallest absolute Gasteiger partial charge is 0.230 e. The zero-order valence-corrected chi connectivity index (χ0v) is 20.2. The van der Waals surface area contributed by atoms with E-state index >= 15 is 0 Å². The van der Waals surface area contributed by atoms with Crippen LogP contribution in [0.2, 0.25) is 0 Å². The fourth-order valence-corrected chi connectivity index (χ4v) is 5.04. The van der Waals surface area contributed by atoms with E-state index in [1.807, 2.05) is 84.4 Å². The highest BCUT2D eigenvalue weighted by atomic mass is 16.5. The fraction of sp³-hybridized carbons (Fsp3) is 0.103. The van der Waals surface area contributed by atoms with Crippen molar-refractivity contribution in [1.29, 1.82) is 0 Å². The highest BCUT2D eigenvalue weighted by molar-refractivity contribution is 5.70. The van der Waals surface area contributed by atoms with Crippen molar-refractivity contribution in [3.05, 3.63) is 114 Å². The third-order valence-electron chi connectivity index (χ3n) is 6.70. The first-order valence-electron chi connectivity index (χ1n) is 12.0. The minimum absolute atomic E-state index is 0.191. The quantitative estimate of drug-likeness (QED) is 0.323. The van der Waals surface area contributed by atoms with Gasteiger partial charge in [0.1, 0.15) is 12.1 Å². The average Bonchev–Trinajstić information content (AvgIpc) is 3.54.